The maximum absolute atomic E-state index is 2.55. The summed E-state index contributed by atoms with van der Waals surface area (Å²) >= 11 is 1.88. The number of aryl methyl sites for hydroxylation is 1. The second kappa shape index (κ2) is 13.2. The summed E-state index contributed by atoms with van der Waals surface area (Å²) in [7, 11) is 0. The monoisotopic (exact) mass is 784 g/mol. The van der Waals surface area contributed by atoms with Crippen molar-refractivity contribution in [1.29, 1.82) is 0 Å². The fraction of sp³-hybridized carbons (Fsp3) is 0.236. The Morgan fingerprint density at radius 2 is 0.949 bits per heavy atom. The van der Waals surface area contributed by atoms with Gasteiger partial charge in [-0.05, 0) is 134 Å². The van der Waals surface area contributed by atoms with Crippen molar-refractivity contribution in [1.82, 2.24) is 0 Å². The van der Waals surface area contributed by atoms with Crippen LogP contribution in [0.25, 0.3) is 31.3 Å². The van der Waals surface area contributed by atoms with Gasteiger partial charge < -0.3 is 9.80 Å². The summed E-state index contributed by atoms with van der Waals surface area (Å²) in [5.41, 5.74) is 19.4. The minimum absolute atomic E-state index is 0.00275. The summed E-state index contributed by atoms with van der Waals surface area (Å²) in [6.07, 6.45) is 0. The number of nitrogens with zero attached hydrogens (tertiary/aromatic N) is 2. The van der Waals surface area contributed by atoms with E-state index in [-0.39, 0.29) is 23.0 Å². The smallest absolute Gasteiger partial charge is 0.252 e. The first-order valence-corrected chi connectivity index (χ1v) is 22.0. The second-order valence-corrected chi connectivity index (χ2v) is 21.1. The molecule has 0 atom stereocenters. The highest BCUT2D eigenvalue weighted by molar-refractivity contribution is 7.26. The van der Waals surface area contributed by atoms with Crippen LogP contribution >= 0.6 is 11.3 Å². The average molecular weight is 785 g/mol. The van der Waals surface area contributed by atoms with Crippen molar-refractivity contribution < 1.29 is 0 Å². The van der Waals surface area contributed by atoms with Crippen molar-refractivity contribution in [3.63, 3.8) is 0 Å². The number of hydrogen-bond donors (Lipinski definition) is 0. The Balaban J connectivity index is 1.22. The van der Waals surface area contributed by atoms with Crippen LogP contribution in [0.5, 0.6) is 0 Å². The third-order valence-corrected chi connectivity index (χ3v) is 13.9. The third kappa shape index (κ3) is 6.13. The zero-order chi connectivity index (χ0) is 41.2. The number of fused-ring (bicyclic) bond motifs is 7. The van der Waals surface area contributed by atoms with Crippen molar-refractivity contribution in [2.45, 2.75) is 85.5 Å². The van der Waals surface area contributed by atoms with Gasteiger partial charge in [0.05, 0.1) is 0 Å². The molecule has 0 saturated heterocycles. The molecule has 59 heavy (non-hydrogen) atoms. The van der Waals surface area contributed by atoms with Gasteiger partial charge in [0, 0.05) is 54.3 Å². The molecule has 0 aliphatic carbocycles. The van der Waals surface area contributed by atoms with Crippen molar-refractivity contribution in [3.05, 3.63) is 162 Å². The van der Waals surface area contributed by atoms with E-state index in [4.69, 9.17) is 0 Å². The van der Waals surface area contributed by atoms with Crippen molar-refractivity contribution in [2.75, 3.05) is 9.80 Å². The molecule has 0 N–H and O–H groups in total. The Hall–Kier alpha value is -5.58. The molecule has 0 spiro atoms. The average Bonchev–Trinajstić information content (AvgIpc) is 3.58. The summed E-state index contributed by atoms with van der Waals surface area (Å²) in [6.45, 7) is 23.2. The topological polar surface area (TPSA) is 6.48 Å². The van der Waals surface area contributed by atoms with Crippen LogP contribution in [0.3, 0.4) is 0 Å². The number of thiophene rings is 1. The van der Waals surface area contributed by atoms with Crippen molar-refractivity contribution >= 4 is 88.7 Å². The van der Waals surface area contributed by atoms with Crippen LogP contribution in [0.1, 0.15) is 84.6 Å². The zero-order valence-corrected chi connectivity index (χ0v) is 37.0. The largest absolute Gasteiger partial charge is 0.311 e. The van der Waals surface area contributed by atoms with Gasteiger partial charge in [-0.1, -0.05) is 141 Å². The molecule has 2 aliphatic heterocycles. The Labute approximate surface area is 355 Å². The maximum Gasteiger partial charge on any atom is 0.252 e. The van der Waals surface area contributed by atoms with Crippen LogP contribution in [0.4, 0.5) is 34.1 Å². The summed E-state index contributed by atoms with van der Waals surface area (Å²) in [6, 6.07) is 53.7. The SMILES string of the molecule is Cc1cc2c3c(c1)N(c1ccc(C(C)(C)C)cc1)c1ccc(C(C)(C)C)cc1B3c1cc(C(C)(C)C)ccc1N2c1ccc(-c2cccc3sc4ccccc4c23)cc1. The maximum atomic E-state index is 2.55. The van der Waals surface area contributed by atoms with E-state index in [2.05, 4.69) is 219 Å². The van der Waals surface area contributed by atoms with Crippen LogP contribution < -0.4 is 26.2 Å². The lowest BCUT2D eigenvalue weighted by atomic mass is 9.33. The molecule has 8 aromatic rings. The van der Waals surface area contributed by atoms with Crippen LogP contribution in [0.15, 0.2) is 140 Å². The summed E-state index contributed by atoms with van der Waals surface area (Å²) < 4.78 is 2.66. The first-order chi connectivity index (χ1) is 28.1. The summed E-state index contributed by atoms with van der Waals surface area (Å²) in [5.74, 6) is 0. The van der Waals surface area contributed by atoms with Crippen LogP contribution in [0.2, 0.25) is 0 Å². The van der Waals surface area contributed by atoms with Gasteiger partial charge in [-0.2, -0.15) is 0 Å². The second-order valence-electron chi connectivity index (χ2n) is 20.0. The lowest BCUT2D eigenvalue weighted by Gasteiger charge is -2.45. The van der Waals surface area contributed by atoms with E-state index < -0.39 is 0 Å². The number of benzene rings is 7. The van der Waals surface area contributed by atoms with Crippen molar-refractivity contribution in [2.24, 2.45) is 0 Å². The Morgan fingerprint density at radius 1 is 0.458 bits per heavy atom. The minimum atomic E-state index is -0.00364. The van der Waals surface area contributed by atoms with E-state index in [0.29, 0.717) is 0 Å². The van der Waals surface area contributed by atoms with E-state index in [0.717, 1.165) is 0 Å². The lowest BCUT2D eigenvalue weighted by Crippen LogP contribution is -2.61. The molecular weight excluding hydrogens is 731 g/mol. The zero-order valence-electron chi connectivity index (χ0n) is 36.2. The number of anilines is 6. The molecule has 0 saturated carbocycles. The molecule has 292 valence electrons. The standard InChI is InChI=1S/C55H53BN2S/c1-34-30-47-52-48(31-34)58(40-26-20-36(21-27-40)53(2,3)4)46-29-23-38(55(8,9)10)33-44(46)56(52)43-32-37(54(5,6)7)22-28-45(43)57(47)39-24-18-35(19-25-39)41-15-13-17-50-51(41)42-14-11-12-16-49(42)59-50/h11-33H,1-10H3. The van der Waals surface area contributed by atoms with Crippen molar-refractivity contribution in [3.8, 4) is 11.1 Å². The third-order valence-electron chi connectivity index (χ3n) is 12.8. The van der Waals surface area contributed by atoms with Gasteiger partial charge in [0.15, 0.2) is 0 Å². The van der Waals surface area contributed by atoms with Gasteiger partial charge >= 0.3 is 0 Å². The van der Waals surface area contributed by atoms with E-state index in [9.17, 15) is 0 Å². The molecule has 0 bridgehead atoms. The molecule has 0 unspecified atom stereocenters. The van der Waals surface area contributed by atoms with Crippen LogP contribution in [-0.4, -0.2) is 6.71 Å². The van der Waals surface area contributed by atoms with Crippen LogP contribution in [0, 0.1) is 6.92 Å². The first-order valence-electron chi connectivity index (χ1n) is 21.2. The Kier molecular flexibility index (Phi) is 8.44. The molecule has 0 radical (unpaired) electrons. The number of rotatable bonds is 3. The van der Waals surface area contributed by atoms with E-state index in [1.165, 1.54) is 104 Å². The number of hydrogen-bond acceptors (Lipinski definition) is 3. The van der Waals surface area contributed by atoms with Gasteiger partial charge in [-0.25, -0.2) is 0 Å². The molecule has 2 nitrogen and oxygen atoms in total. The lowest BCUT2D eigenvalue weighted by molar-refractivity contribution is 0.590. The normalized spacial score (nSPS) is 13.8. The summed E-state index contributed by atoms with van der Waals surface area (Å²) in [5, 5.41) is 2.68. The Bertz CT molecular complexity index is 2950. The molecule has 7 aromatic carbocycles. The van der Waals surface area contributed by atoms with Gasteiger partial charge in [0.2, 0.25) is 0 Å². The fourth-order valence-electron chi connectivity index (χ4n) is 9.55. The van der Waals surface area contributed by atoms with Gasteiger partial charge in [0.1, 0.15) is 0 Å². The van der Waals surface area contributed by atoms with E-state index in [1.807, 2.05) is 11.3 Å². The van der Waals surface area contributed by atoms with Gasteiger partial charge in [-0.15, -0.1) is 11.3 Å². The molecule has 0 fully saturated rings. The highest BCUT2D eigenvalue weighted by atomic mass is 32.1. The predicted octanol–water partition coefficient (Wildman–Crippen LogP) is 14.0. The highest BCUT2D eigenvalue weighted by Gasteiger charge is 2.44. The molecule has 10 rings (SSSR count). The summed E-state index contributed by atoms with van der Waals surface area (Å²) in [4.78, 5) is 5.09. The predicted molar refractivity (Wildman–Crippen MR) is 260 cm³/mol. The Morgan fingerprint density at radius 3 is 1.49 bits per heavy atom. The fourth-order valence-corrected chi connectivity index (χ4v) is 10.7. The van der Waals surface area contributed by atoms with E-state index in [1.54, 1.807) is 0 Å². The molecule has 0 amide bonds. The first kappa shape index (κ1) is 37.7. The molecular formula is C55H53BN2S. The molecule has 4 heteroatoms. The van der Waals surface area contributed by atoms with Gasteiger partial charge in [-0.3, -0.25) is 0 Å². The molecule has 3 heterocycles. The quantitative estimate of drug-likeness (QED) is 0.165. The molecule has 1 aromatic heterocycles. The van der Waals surface area contributed by atoms with Crippen LogP contribution in [-0.2, 0) is 16.2 Å². The minimum Gasteiger partial charge on any atom is -0.311 e. The van der Waals surface area contributed by atoms with E-state index >= 15 is 0 Å². The van der Waals surface area contributed by atoms with Gasteiger partial charge in [0.25, 0.3) is 6.71 Å². The highest BCUT2D eigenvalue weighted by Crippen LogP contribution is 2.47. The molecule has 2 aliphatic rings.